The van der Waals surface area contributed by atoms with E-state index < -0.39 is 35.7 Å². The SMILES string of the molecule is CCNC(=O)NC(=O)[C@@H](N[C@@H](C)c1ccc(F)cc1F)c1ccccc1. The molecule has 3 amide bonds. The number of nitrogens with one attached hydrogen (secondary N) is 3. The summed E-state index contributed by atoms with van der Waals surface area (Å²) in [5, 5.41) is 7.74. The summed E-state index contributed by atoms with van der Waals surface area (Å²) in [6.45, 7) is 3.77. The van der Waals surface area contributed by atoms with E-state index in [4.69, 9.17) is 0 Å². The fourth-order valence-corrected chi connectivity index (χ4v) is 2.55. The molecule has 2 rings (SSSR count). The standard InChI is InChI=1S/C19H21F2N3O2/c1-3-22-19(26)24-18(25)17(13-7-5-4-6-8-13)23-12(2)15-10-9-14(20)11-16(15)21/h4-12,17,23H,3H2,1-2H3,(H2,22,24,25,26)/t12-,17-/m0/s1. The summed E-state index contributed by atoms with van der Waals surface area (Å²) in [5.74, 6) is -1.95. The lowest BCUT2D eigenvalue weighted by molar-refractivity contribution is -0.122. The number of carbonyl (C=O) groups excluding carboxylic acids is 2. The lowest BCUT2D eigenvalue weighted by Gasteiger charge is -2.23. The molecule has 7 heteroatoms. The Hall–Kier alpha value is -2.80. The average Bonchev–Trinajstić information content (AvgIpc) is 2.60. The van der Waals surface area contributed by atoms with Gasteiger partial charge in [0.25, 0.3) is 0 Å². The third kappa shape index (κ3) is 5.10. The summed E-state index contributed by atoms with van der Waals surface area (Å²) in [6.07, 6.45) is 0. The van der Waals surface area contributed by atoms with Crippen molar-refractivity contribution in [3.8, 4) is 0 Å². The van der Waals surface area contributed by atoms with E-state index >= 15 is 0 Å². The van der Waals surface area contributed by atoms with Crippen LogP contribution in [0.15, 0.2) is 48.5 Å². The lowest BCUT2D eigenvalue weighted by Crippen LogP contribution is -2.45. The molecular weight excluding hydrogens is 340 g/mol. The van der Waals surface area contributed by atoms with E-state index in [1.165, 1.54) is 6.07 Å². The van der Waals surface area contributed by atoms with Crippen molar-refractivity contribution in [2.24, 2.45) is 0 Å². The Morgan fingerprint density at radius 2 is 1.77 bits per heavy atom. The highest BCUT2D eigenvalue weighted by Gasteiger charge is 2.25. The van der Waals surface area contributed by atoms with E-state index in [-0.39, 0.29) is 5.56 Å². The zero-order valence-corrected chi connectivity index (χ0v) is 14.6. The second-order valence-corrected chi connectivity index (χ2v) is 5.75. The first-order valence-electron chi connectivity index (χ1n) is 8.27. The quantitative estimate of drug-likeness (QED) is 0.740. The summed E-state index contributed by atoms with van der Waals surface area (Å²) >= 11 is 0. The first-order valence-corrected chi connectivity index (χ1v) is 8.27. The Morgan fingerprint density at radius 3 is 2.38 bits per heavy atom. The molecule has 0 saturated heterocycles. The molecule has 2 aromatic carbocycles. The Kier molecular flexibility index (Phi) is 6.80. The minimum Gasteiger partial charge on any atom is -0.338 e. The molecular formula is C19H21F2N3O2. The van der Waals surface area contributed by atoms with Gasteiger partial charge in [0.2, 0.25) is 5.91 Å². The van der Waals surface area contributed by atoms with Crippen molar-refractivity contribution in [3.05, 3.63) is 71.3 Å². The van der Waals surface area contributed by atoms with Crippen LogP contribution in [0.5, 0.6) is 0 Å². The highest BCUT2D eigenvalue weighted by molar-refractivity contribution is 5.97. The van der Waals surface area contributed by atoms with Crippen molar-refractivity contribution in [2.75, 3.05) is 6.54 Å². The molecule has 2 atom stereocenters. The fourth-order valence-electron chi connectivity index (χ4n) is 2.55. The van der Waals surface area contributed by atoms with Gasteiger partial charge in [-0.25, -0.2) is 13.6 Å². The molecule has 0 aliphatic rings. The number of halogens is 2. The molecule has 0 radical (unpaired) electrons. The largest absolute Gasteiger partial charge is 0.338 e. The normalized spacial score (nSPS) is 12.9. The number of hydrogen-bond donors (Lipinski definition) is 3. The van der Waals surface area contributed by atoms with Gasteiger partial charge in [-0.05, 0) is 25.5 Å². The van der Waals surface area contributed by atoms with E-state index in [2.05, 4.69) is 16.0 Å². The Morgan fingerprint density at radius 1 is 1.08 bits per heavy atom. The molecule has 0 aliphatic heterocycles. The van der Waals surface area contributed by atoms with Gasteiger partial charge in [-0.1, -0.05) is 36.4 Å². The topological polar surface area (TPSA) is 70.2 Å². The predicted octanol–water partition coefficient (Wildman–Crippen LogP) is 3.20. The van der Waals surface area contributed by atoms with Gasteiger partial charge >= 0.3 is 6.03 Å². The summed E-state index contributed by atoms with van der Waals surface area (Å²) in [4.78, 5) is 24.2. The molecule has 0 spiro atoms. The number of rotatable bonds is 6. The molecule has 0 bridgehead atoms. The Labute approximate surface area is 150 Å². The molecule has 5 nitrogen and oxygen atoms in total. The summed E-state index contributed by atoms with van der Waals surface area (Å²) in [6, 6.07) is 9.94. The lowest BCUT2D eigenvalue weighted by atomic mass is 10.0. The van der Waals surface area contributed by atoms with Crippen molar-refractivity contribution >= 4 is 11.9 Å². The van der Waals surface area contributed by atoms with Crippen molar-refractivity contribution in [3.63, 3.8) is 0 Å². The fraction of sp³-hybridized carbons (Fsp3) is 0.263. The zero-order chi connectivity index (χ0) is 19.1. The number of imide groups is 1. The highest BCUT2D eigenvalue weighted by atomic mass is 19.1. The Bertz CT molecular complexity index is 769. The van der Waals surface area contributed by atoms with Gasteiger partial charge in [-0.3, -0.25) is 15.4 Å². The number of hydrogen-bond acceptors (Lipinski definition) is 3. The van der Waals surface area contributed by atoms with Gasteiger partial charge in [-0.15, -0.1) is 0 Å². The maximum Gasteiger partial charge on any atom is 0.321 e. The van der Waals surface area contributed by atoms with Gasteiger partial charge < -0.3 is 5.32 Å². The molecule has 2 aromatic rings. The van der Waals surface area contributed by atoms with Crippen LogP contribution in [0.3, 0.4) is 0 Å². The van der Waals surface area contributed by atoms with Crippen LogP contribution in [0.25, 0.3) is 0 Å². The van der Waals surface area contributed by atoms with Gasteiger partial charge in [0, 0.05) is 24.2 Å². The third-order valence-corrected chi connectivity index (χ3v) is 3.81. The van der Waals surface area contributed by atoms with Crippen LogP contribution in [-0.2, 0) is 4.79 Å². The molecule has 3 N–H and O–H groups in total. The molecule has 138 valence electrons. The van der Waals surface area contributed by atoms with Crippen molar-refractivity contribution in [1.29, 1.82) is 0 Å². The van der Waals surface area contributed by atoms with Crippen LogP contribution >= 0.6 is 0 Å². The van der Waals surface area contributed by atoms with E-state index in [0.29, 0.717) is 12.1 Å². The molecule has 26 heavy (non-hydrogen) atoms. The molecule has 0 heterocycles. The first-order chi connectivity index (χ1) is 12.4. The zero-order valence-electron chi connectivity index (χ0n) is 14.6. The van der Waals surface area contributed by atoms with E-state index in [0.717, 1.165) is 12.1 Å². The van der Waals surface area contributed by atoms with Crippen molar-refractivity contribution in [1.82, 2.24) is 16.0 Å². The second-order valence-electron chi connectivity index (χ2n) is 5.75. The van der Waals surface area contributed by atoms with E-state index in [9.17, 15) is 18.4 Å². The van der Waals surface area contributed by atoms with E-state index in [1.807, 2.05) is 0 Å². The molecule has 0 aromatic heterocycles. The van der Waals surface area contributed by atoms with Gasteiger partial charge in [0.05, 0.1) is 0 Å². The summed E-state index contributed by atoms with van der Waals surface area (Å²) < 4.78 is 27.1. The highest BCUT2D eigenvalue weighted by Crippen LogP contribution is 2.22. The second kappa shape index (κ2) is 9.05. The van der Waals surface area contributed by atoms with Crippen molar-refractivity contribution < 1.29 is 18.4 Å². The van der Waals surface area contributed by atoms with E-state index in [1.54, 1.807) is 44.2 Å². The smallest absolute Gasteiger partial charge is 0.321 e. The number of carbonyl (C=O) groups is 2. The molecule has 0 saturated carbocycles. The van der Waals surface area contributed by atoms with Gasteiger partial charge in [0.15, 0.2) is 0 Å². The number of benzene rings is 2. The maximum absolute atomic E-state index is 14.0. The monoisotopic (exact) mass is 361 g/mol. The predicted molar refractivity (Wildman–Crippen MR) is 94.3 cm³/mol. The van der Waals surface area contributed by atoms with Gasteiger partial charge in [-0.2, -0.15) is 0 Å². The average molecular weight is 361 g/mol. The first kappa shape index (κ1) is 19.5. The minimum absolute atomic E-state index is 0.221. The van der Waals surface area contributed by atoms with Crippen LogP contribution in [0.4, 0.5) is 13.6 Å². The van der Waals surface area contributed by atoms with Crippen molar-refractivity contribution in [2.45, 2.75) is 25.9 Å². The maximum atomic E-state index is 14.0. The minimum atomic E-state index is -0.891. The van der Waals surface area contributed by atoms with Crippen LogP contribution in [0.1, 0.15) is 37.1 Å². The van der Waals surface area contributed by atoms with Crippen LogP contribution in [0.2, 0.25) is 0 Å². The van der Waals surface area contributed by atoms with Gasteiger partial charge in [0.1, 0.15) is 17.7 Å². The molecule has 0 unspecified atom stereocenters. The van der Waals surface area contributed by atoms with Crippen LogP contribution in [0, 0.1) is 11.6 Å². The van der Waals surface area contributed by atoms with Crippen LogP contribution in [-0.4, -0.2) is 18.5 Å². The number of amides is 3. The summed E-state index contributed by atoms with van der Waals surface area (Å²) in [5.41, 5.74) is 0.835. The Balaban J connectivity index is 2.23. The third-order valence-electron chi connectivity index (χ3n) is 3.81. The number of urea groups is 1. The molecule has 0 fully saturated rings. The van der Waals surface area contributed by atoms with Crippen LogP contribution < -0.4 is 16.0 Å². The summed E-state index contributed by atoms with van der Waals surface area (Å²) in [7, 11) is 0. The molecule has 0 aliphatic carbocycles.